The van der Waals surface area contributed by atoms with Crippen LogP contribution in [0.2, 0.25) is 0 Å². The lowest BCUT2D eigenvalue weighted by Crippen LogP contribution is -2.13. The van der Waals surface area contributed by atoms with Gasteiger partial charge in [0.05, 0.1) is 5.69 Å². The zero-order chi connectivity index (χ0) is 9.97. The Hall–Kier alpha value is -1.64. The van der Waals surface area contributed by atoms with Crippen molar-refractivity contribution in [1.82, 2.24) is 0 Å². The van der Waals surface area contributed by atoms with Crippen LogP contribution in [0.15, 0.2) is 18.2 Å². The van der Waals surface area contributed by atoms with Crippen molar-refractivity contribution in [2.24, 2.45) is 0 Å². The maximum Gasteiger partial charge on any atom is 0.211 e. The molecule has 3 heteroatoms. The van der Waals surface area contributed by atoms with Gasteiger partial charge >= 0.3 is 0 Å². The molecule has 0 aromatic heterocycles. The van der Waals surface area contributed by atoms with Crippen LogP contribution in [-0.2, 0) is 11.2 Å². The maximum atomic E-state index is 11.6. The first-order chi connectivity index (χ1) is 6.83. The second-order valence-corrected chi connectivity index (χ2v) is 3.38. The molecule has 0 radical (unpaired) electrons. The predicted octanol–water partition coefficient (Wildman–Crippen LogP) is 1.77. The van der Waals surface area contributed by atoms with E-state index in [9.17, 15) is 9.59 Å². The lowest BCUT2D eigenvalue weighted by atomic mass is 9.89. The average Bonchev–Trinajstić information content (AvgIpc) is 2.19. The van der Waals surface area contributed by atoms with E-state index >= 15 is 0 Å². The Bertz CT molecular complexity index is 385. The number of amides is 1. The molecule has 0 fully saturated rings. The monoisotopic (exact) mass is 189 g/mol. The highest BCUT2D eigenvalue weighted by atomic mass is 16.1. The van der Waals surface area contributed by atoms with Gasteiger partial charge < -0.3 is 5.32 Å². The minimum absolute atomic E-state index is 0.135. The molecule has 72 valence electrons. The van der Waals surface area contributed by atoms with Crippen molar-refractivity contribution in [2.75, 3.05) is 5.32 Å². The van der Waals surface area contributed by atoms with Gasteiger partial charge in [-0.25, -0.2) is 0 Å². The zero-order valence-electron chi connectivity index (χ0n) is 7.75. The molecule has 0 saturated carbocycles. The molecule has 14 heavy (non-hydrogen) atoms. The largest absolute Gasteiger partial charge is 0.328 e. The van der Waals surface area contributed by atoms with Gasteiger partial charge in [-0.15, -0.1) is 0 Å². The van der Waals surface area contributed by atoms with Crippen molar-refractivity contribution >= 4 is 17.9 Å². The highest BCUT2D eigenvalue weighted by Gasteiger charge is 2.19. The molecule has 0 atom stereocenters. The van der Waals surface area contributed by atoms with Crippen LogP contribution < -0.4 is 5.32 Å². The van der Waals surface area contributed by atoms with Crippen molar-refractivity contribution in [3.63, 3.8) is 0 Å². The Kier molecular flexibility index (Phi) is 2.31. The van der Waals surface area contributed by atoms with E-state index in [1.807, 2.05) is 12.1 Å². The fourth-order valence-electron chi connectivity index (χ4n) is 1.89. The summed E-state index contributed by atoms with van der Waals surface area (Å²) in [6.07, 6.45) is 3.04. The third-order valence-corrected chi connectivity index (χ3v) is 2.49. The molecule has 0 spiro atoms. The molecule has 0 unspecified atom stereocenters. The summed E-state index contributed by atoms with van der Waals surface area (Å²) < 4.78 is 0. The first-order valence-electron chi connectivity index (χ1n) is 4.68. The molecule has 0 aliphatic heterocycles. The second kappa shape index (κ2) is 3.62. The van der Waals surface area contributed by atoms with Crippen LogP contribution in [0.25, 0.3) is 0 Å². The summed E-state index contributed by atoms with van der Waals surface area (Å²) in [5.74, 6) is 0.135. The van der Waals surface area contributed by atoms with Crippen molar-refractivity contribution in [2.45, 2.75) is 19.3 Å². The number of hydrogen-bond acceptors (Lipinski definition) is 2. The Labute approximate surface area is 82.1 Å². The Morgan fingerprint density at radius 2 is 2.14 bits per heavy atom. The molecule has 1 aromatic rings. The number of Topliss-reactive ketones (excluding diaryl/α,β-unsaturated/α-hetero) is 1. The zero-order valence-corrected chi connectivity index (χ0v) is 7.75. The Morgan fingerprint density at radius 1 is 1.29 bits per heavy atom. The van der Waals surface area contributed by atoms with Crippen molar-refractivity contribution in [3.8, 4) is 0 Å². The molecule has 0 saturated heterocycles. The summed E-state index contributed by atoms with van der Waals surface area (Å²) in [5.41, 5.74) is 2.39. The van der Waals surface area contributed by atoms with E-state index < -0.39 is 0 Å². The molecule has 1 aliphatic rings. The first kappa shape index (κ1) is 8.94. The van der Waals surface area contributed by atoms with Crippen LogP contribution >= 0.6 is 0 Å². The number of fused-ring (bicyclic) bond motifs is 1. The second-order valence-electron chi connectivity index (χ2n) is 3.38. The first-order valence-corrected chi connectivity index (χ1v) is 4.68. The third kappa shape index (κ3) is 1.41. The van der Waals surface area contributed by atoms with Crippen molar-refractivity contribution < 1.29 is 9.59 Å². The van der Waals surface area contributed by atoms with E-state index in [1.165, 1.54) is 0 Å². The van der Waals surface area contributed by atoms with Crippen LogP contribution in [0.1, 0.15) is 28.8 Å². The van der Waals surface area contributed by atoms with Gasteiger partial charge in [0, 0.05) is 12.0 Å². The molecule has 3 nitrogen and oxygen atoms in total. The number of carbonyl (C=O) groups excluding carboxylic acids is 2. The molecule has 2 rings (SSSR count). The van der Waals surface area contributed by atoms with E-state index in [2.05, 4.69) is 5.32 Å². The van der Waals surface area contributed by atoms with E-state index in [0.717, 1.165) is 18.4 Å². The fraction of sp³-hybridized carbons (Fsp3) is 0.273. The normalized spacial score (nSPS) is 14.7. The summed E-state index contributed by atoms with van der Waals surface area (Å²) in [4.78, 5) is 22.0. The Morgan fingerprint density at radius 3 is 2.93 bits per heavy atom. The fourth-order valence-corrected chi connectivity index (χ4v) is 1.89. The van der Waals surface area contributed by atoms with Gasteiger partial charge in [-0.05, 0) is 24.5 Å². The average molecular weight is 189 g/mol. The number of anilines is 1. The number of rotatable bonds is 2. The summed E-state index contributed by atoms with van der Waals surface area (Å²) in [6, 6.07) is 5.57. The van der Waals surface area contributed by atoms with Gasteiger partial charge in [-0.3, -0.25) is 9.59 Å². The number of aryl methyl sites for hydroxylation is 1. The van der Waals surface area contributed by atoms with Crippen LogP contribution in [0.5, 0.6) is 0 Å². The van der Waals surface area contributed by atoms with Crippen LogP contribution in [0.3, 0.4) is 0 Å². The molecule has 1 N–H and O–H groups in total. The molecular weight excluding hydrogens is 178 g/mol. The minimum atomic E-state index is 0.135. The molecule has 1 aromatic carbocycles. The molecule has 0 bridgehead atoms. The van der Waals surface area contributed by atoms with E-state index in [-0.39, 0.29) is 5.78 Å². The smallest absolute Gasteiger partial charge is 0.211 e. The van der Waals surface area contributed by atoms with Gasteiger partial charge in [0.1, 0.15) is 0 Å². The van der Waals surface area contributed by atoms with Crippen LogP contribution in [0, 0.1) is 0 Å². The van der Waals surface area contributed by atoms with Crippen LogP contribution in [-0.4, -0.2) is 12.2 Å². The van der Waals surface area contributed by atoms with Gasteiger partial charge in [0.15, 0.2) is 5.78 Å². The predicted molar refractivity (Wildman–Crippen MR) is 53.4 cm³/mol. The number of ketones is 1. The SMILES string of the molecule is O=CNc1cccc2c1C(=O)CCC2. The van der Waals surface area contributed by atoms with E-state index in [4.69, 9.17) is 0 Å². The number of carbonyl (C=O) groups is 2. The Balaban J connectivity index is 2.51. The minimum Gasteiger partial charge on any atom is -0.328 e. The van der Waals surface area contributed by atoms with Crippen molar-refractivity contribution in [1.29, 1.82) is 0 Å². The lowest BCUT2D eigenvalue weighted by molar-refractivity contribution is -0.105. The number of hydrogen-bond donors (Lipinski definition) is 1. The quantitative estimate of drug-likeness (QED) is 0.721. The molecule has 0 heterocycles. The standard InChI is InChI=1S/C11H11NO2/c13-7-12-9-5-1-3-8-4-2-6-10(14)11(8)9/h1,3,5,7H,2,4,6H2,(H,12,13). The summed E-state index contributed by atoms with van der Waals surface area (Å²) >= 11 is 0. The topological polar surface area (TPSA) is 46.2 Å². The van der Waals surface area contributed by atoms with E-state index in [0.29, 0.717) is 24.1 Å². The van der Waals surface area contributed by atoms with Gasteiger partial charge in [-0.2, -0.15) is 0 Å². The number of nitrogens with one attached hydrogen (secondary N) is 1. The van der Waals surface area contributed by atoms with Gasteiger partial charge in [0.2, 0.25) is 6.41 Å². The summed E-state index contributed by atoms with van der Waals surface area (Å²) in [6.45, 7) is 0. The summed E-state index contributed by atoms with van der Waals surface area (Å²) in [5, 5.41) is 2.56. The van der Waals surface area contributed by atoms with Gasteiger partial charge in [-0.1, -0.05) is 12.1 Å². The number of benzene rings is 1. The summed E-state index contributed by atoms with van der Waals surface area (Å²) in [7, 11) is 0. The highest BCUT2D eigenvalue weighted by molar-refractivity contribution is 6.04. The lowest BCUT2D eigenvalue weighted by Gasteiger charge is -2.17. The molecular formula is C11H11NO2. The third-order valence-electron chi connectivity index (χ3n) is 2.49. The maximum absolute atomic E-state index is 11.6. The van der Waals surface area contributed by atoms with Gasteiger partial charge in [0.25, 0.3) is 0 Å². The highest BCUT2D eigenvalue weighted by Crippen LogP contribution is 2.27. The molecule has 1 amide bonds. The van der Waals surface area contributed by atoms with Crippen LogP contribution in [0.4, 0.5) is 5.69 Å². The van der Waals surface area contributed by atoms with Crippen molar-refractivity contribution in [3.05, 3.63) is 29.3 Å². The van der Waals surface area contributed by atoms with E-state index in [1.54, 1.807) is 6.07 Å². The molecule has 1 aliphatic carbocycles.